The second-order valence-electron chi connectivity index (χ2n) is 7.95. The van der Waals surface area contributed by atoms with Gasteiger partial charge in [0.15, 0.2) is 6.10 Å². The number of nitrogens with zero attached hydrogens (tertiary/aromatic N) is 1. The smallest absolute Gasteiger partial charge is 0.267 e. The number of halogens is 1. The number of anilines is 3. The van der Waals surface area contributed by atoms with Gasteiger partial charge in [0.1, 0.15) is 5.75 Å². The van der Waals surface area contributed by atoms with Crippen molar-refractivity contribution in [1.29, 1.82) is 0 Å². The maximum atomic E-state index is 12.8. The Morgan fingerprint density at radius 3 is 2.40 bits per heavy atom. The molecule has 9 nitrogen and oxygen atoms in total. The molecule has 0 saturated heterocycles. The van der Waals surface area contributed by atoms with Gasteiger partial charge in [0, 0.05) is 10.7 Å². The summed E-state index contributed by atoms with van der Waals surface area (Å²) in [6, 6.07) is 17.0. The Kier molecular flexibility index (Phi) is 6.67. The molecule has 3 aromatic carbocycles. The Bertz CT molecular complexity index is 1490. The summed E-state index contributed by atoms with van der Waals surface area (Å²) >= 11 is 5.97. The van der Waals surface area contributed by atoms with Gasteiger partial charge in [0.25, 0.3) is 15.9 Å². The highest BCUT2D eigenvalue weighted by Gasteiger charge is 2.34. The molecule has 3 aromatic rings. The summed E-state index contributed by atoms with van der Waals surface area (Å²) in [7, 11) is -7.54. The van der Waals surface area contributed by atoms with Crippen LogP contribution in [0.1, 0.15) is 5.56 Å². The lowest BCUT2D eigenvalue weighted by Gasteiger charge is -2.33. The van der Waals surface area contributed by atoms with Crippen molar-refractivity contribution >= 4 is 54.6 Å². The molecule has 0 unspecified atom stereocenters. The minimum absolute atomic E-state index is 0.0130. The molecule has 0 spiro atoms. The normalized spacial score (nSPS) is 15.6. The number of ether oxygens (including phenoxy) is 1. The van der Waals surface area contributed by atoms with Crippen LogP contribution in [0.4, 0.5) is 17.1 Å². The van der Waals surface area contributed by atoms with Gasteiger partial charge in [-0.3, -0.25) is 13.8 Å². The number of sulfonamides is 2. The minimum Gasteiger partial charge on any atom is -0.476 e. The molecule has 0 radical (unpaired) electrons. The zero-order chi connectivity index (χ0) is 25.4. The van der Waals surface area contributed by atoms with E-state index in [1.807, 2.05) is 0 Å². The zero-order valence-electron chi connectivity index (χ0n) is 18.7. The average Bonchev–Trinajstić information content (AvgIpc) is 2.80. The van der Waals surface area contributed by atoms with Crippen molar-refractivity contribution < 1.29 is 26.4 Å². The molecule has 35 heavy (non-hydrogen) atoms. The number of aryl methyl sites for hydroxylation is 1. The zero-order valence-corrected chi connectivity index (χ0v) is 21.1. The lowest BCUT2D eigenvalue weighted by molar-refractivity contribution is -0.122. The summed E-state index contributed by atoms with van der Waals surface area (Å²) in [5.41, 5.74) is 1.75. The van der Waals surface area contributed by atoms with E-state index >= 15 is 0 Å². The maximum Gasteiger partial charge on any atom is 0.267 e. The van der Waals surface area contributed by atoms with E-state index in [0.29, 0.717) is 27.6 Å². The number of rotatable bonds is 6. The fraction of sp³-hybridized carbons (Fsp3) is 0.174. The third-order valence-corrected chi connectivity index (χ3v) is 8.07. The number of fused-ring (bicyclic) bond motifs is 1. The Hall–Kier alpha value is -3.28. The molecule has 1 amide bonds. The first kappa shape index (κ1) is 24.8. The van der Waals surface area contributed by atoms with E-state index < -0.39 is 32.1 Å². The van der Waals surface area contributed by atoms with Crippen molar-refractivity contribution in [1.82, 2.24) is 0 Å². The highest BCUT2D eigenvalue weighted by atomic mass is 35.5. The van der Waals surface area contributed by atoms with Crippen LogP contribution in [-0.4, -0.2) is 41.6 Å². The molecule has 184 valence electrons. The third kappa shape index (κ3) is 5.53. The summed E-state index contributed by atoms with van der Waals surface area (Å²) in [5, 5.41) is 3.04. The number of para-hydroxylation sites is 2. The second-order valence-corrected chi connectivity index (χ2v) is 12.0. The predicted octanol–water partition coefficient (Wildman–Crippen LogP) is 3.61. The highest BCUT2D eigenvalue weighted by Crippen LogP contribution is 2.35. The monoisotopic (exact) mass is 535 g/mol. The Morgan fingerprint density at radius 1 is 1.03 bits per heavy atom. The van der Waals surface area contributed by atoms with Gasteiger partial charge in [-0.25, -0.2) is 16.8 Å². The van der Waals surface area contributed by atoms with Gasteiger partial charge in [-0.2, -0.15) is 0 Å². The standard InChI is InChI=1S/C23H22ClN3O6S2/c1-15-7-8-16(24)13-19(15)26-35(31,32)18-11-9-17(10-12-18)25-23(28)22-14-27(34(2,29)30)20-5-3-4-6-21(20)33-22/h3-13,22,26H,14H2,1-2H3,(H,25,28)/t22-/m1/s1. The van der Waals surface area contributed by atoms with Gasteiger partial charge in [0.2, 0.25) is 10.0 Å². The quantitative estimate of drug-likeness (QED) is 0.497. The van der Waals surface area contributed by atoms with Gasteiger partial charge >= 0.3 is 0 Å². The average molecular weight is 536 g/mol. The summed E-state index contributed by atoms with van der Waals surface area (Å²) in [6.07, 6.45) is -0.0437. The number of nitrogens with one attached hydrogen (secondary N) is 2. The van der Waals surface area contributed by atoms with Crippen LogP contribution in [0.5, 0.6) is 5.75 Å². The van der Waals surface area contributed by atoms with Gasteiger partial charge in [-0.1, -0.05) is 29.8 Å². The molecule has 0 bridgehead atoms. The van der Waals surface area contributed by atoms with Crippen LogP contribution in [-0.2, 0) is 24.8 Å². The summed E-state index contributed by atoms with van der Waals surface area (Å²) < 4.78 is 59.4. The summed E-state index contributed by atoms with van der Waals surface area (Å²) in [4.78, 5) is 12.8. The molecule has 1 atom stereocenters. The van der Waals surface area contributed by atoms with Gasteiger partial charge in [0.05, 0.1) is 29.1 Å². The molecule has 2 N–H and O–H groups in total. The molecule has 12 heteroatoms. The first-order chi connectivity index (χ1) is 16.4. The molecular formula is C23H22ClN3O6S2. The molecule has 1 aliphatic rings. The molecule has 4 rings (SSSR count). The van der Waals surface area contributed by atoms with Crippen LogP contribution in [0.2, 0.25) is 5.02 Å². The first-order valence-corrected chi connectivity index (χ1v) is 14.1. The fourth-order valence-electron chi connectivity index (χ4n) is 3.50. The molecule has 1 aliphatic heterocycles. The molecular weight excluding hydrogens is 514 g/mol. The number of carbonyl (C=O) groups is 1. The van der Waals surface area contributed by atoms with E-state index in [1.54, 1.807) is 43.3 Å². The number of hydrogen-bond donors (Lipinski definition) is 2. The molecule has 1 heterocycles. The maximum absolute atomic E-state index is 12.8. The van der Waals surface area contributed by atoms with Crippen LogP contribution >= 0.6 is 11.6 Å². The fourth-order valence-corrected chi connectivity index (χ4v) is 5.71. The van der Waals surface area contributed by atoms with Gasteiger partial charge < -0.3 is 10.1 Å². The molecule has 0 fully saturated rings. The van der Waals surface area contributed by atoms with Crippen LogP contribution in [0.15, 0.2) is 71.6 Å². The van der Waals surface area contributed by atoms with Crippen molar-refractivity contribution in [3.63, 3.8) is 0 Å². The van der Waals surface area contributed by atoms with Crippen molar-refractivity contribution in [2.75, 3.05) is 27.1 Å². The topological polar surface area (TPSA) is 122 Å². The summed E-state index contributed by atoms with van der Waals surface area (Å²) in [5.74, 6) is -0.301. The Balaban J connectivity index is 1.49. The van der Waals surface area contributed by atoms with E-state index in [2.05, 4.69) is 10.0 Å². The van der Waals surface area contributed by atoms with E-state index in [4.69, 9.17) is 16.3 Å². The number of carbonyl (C=O) groups excluding carboxylic acids is 1. The minimum atomic E-state index is -3.89. The second kappa shape index (κ2) is 9.40. The van der Waals surface area contributed by atoms with Crippen molar-refractivity contribution in [3.8, 4) is 5.75 Å². The SMILES string of the molecule is Cc1ccc(Cl)cc1NS(=O)(=O)c1ccc(NC(=O)[C@H]2CN(S(C)(=O)=O)c3ccccc3O2)cc1. The highest BCUT2D eigenvalue weighted by molar-refractivity contribution is 7.92. The Labute approximate surface area is 208 Å². The van der Waals surface area contributed by atoms with E-state index in [9.17, 15) is 21.6 Å². The van der Waals surface area contributed by atoms with E-state index in [1.165, 1.54) is 30.3 Å². The van der Waals surface area contributed by atoms with Crippen molar-refractivity contribution in [2.45, 2.75) is 17.9 Å². The lowest BCUT2D eigenvalue weighted by atomic mass is 10.2. The van der Waals surface area contributed by atoms with Gasteiger partial charge in [-0.15, -0.1) is 0 Å². The van der Waals surface area contributed by atoms with E-state index in [0.717, 1.165) is 10.6 Å². The first-order valence-electron chi connectivity index (χ1n) is 10.4. The lowest BCUT2D eigenvalue weighted by Crippen LogP contribution is -2.48. The summed E-state index contributed by atoms with van der Waals surface area (Å²) in [6.45, 7) is 1.56. The van der Waals surface area contributed by atoms with Crippen LogP contribution in [0.3, 0.4) is 0 Å². The predicted molar refractivity (Wildman–Crippen MR) is 135 cm³/mol. The number of hydrogen-bond acceptors (Lipinski definition) is 6. The van der Waals surface area contributed by atoms with Crippen molar-refractivity contribution in [2.24, 2.45) is 0 Å². The van der Waals surface area contributed by atoms with E-state index in [-0.39, 0.29) is 17.2 Å². The molecule has 0 aliphatic carbocycles. The van der Waals surface area contributed by atoms with Gasteiger partial charge in [-0.05, 0) is 61.0 Å². The van der Waals surface area contributed by atoms with Crippen LogP contribution < -0.4 is 19.1 Å². The molecule has 0 aromatic heterocycles. The third-order valence-electron chi connectivity index (χ3n) is 5.30. The Morgan fingerprint density at radius 2 is 1.71 bits per heavy atom. The number of amides is 1. The largest absolute Gasteiger partial charge is 0.476 e. The van der Waals surface area contributed by atoms with Crippen LogP contribution in [0.25, 0.3) is 0 Å². The number of benzene rings is 3. The van der Waals surface area contributed by atoms with Crippen LogP contribution in [0, 0.1) is 6.92 Å². The van der Waals surface area contributed by atoms with Crippen molar-refractivity contribution in [3.05, 3.63) is 77.3 Å². The molecule has 0 saturated carbocycles.